The summed E-state index contributed by atoms with van der Waals surface area (Å²) in [6.07, 6.45) is 0.451. The number of nitrogens with one attached hydrogen (secondary N) is 4. The lowest BCUT2D eigenvalue weighted by atomic mass is 9.95. The van der Waals surface area contributed by atoms with Crippen LogP contribution in [0.5, 0.6) is 0 Å². The van der Waals surface area contributed by atoms with Crippen molar-refractivity contribution in [3.8, 4) is 0 Å². The van der Waals surface area contributed by atoms with Gasteiger partial charge in [0.25, 0.3) is 0 Å². The van der Waals surface area contributed by atoms with Gasteiger partial charge in [-0.2, -0.15) is 0 Å². The SMILES string of the molecule is CC[C@H](C)[C@H](NC(=O)[C@H](Cc1ccccc1)N(C)C(=O)[C@H](Cc1ccccc1)N(C)C(=O)[C@@H]1CC(=O)N(C)C(=O)N(C)[C@@H](CC(C)C)C(=O)N(C)[C@@H](Cc2ccccc2)C(=O)N[C@@H](CC(C)C)C(=O)N(C)[C@@H](CC(C)C)C(=O)N(C)[C@@H](CC(C)C)C(=O)N[C@@H]([C@@H](C)O)C(=O)N(C)[C@@H](C)C(=O)N1)C(=O)N1CCCCC1. The normalized spacial score (nSPS) is 22.8. The molecule has 3 aromatic rings. The number of likely N-dealkylation sites (tertiary alicyclic amines) is 1. The molecule has 0 aromatic heterocycles. The van der Waals surface area contributed by atoms with Gasteiger partial charge in [0.15, 0.2) is 0 Å². The van der Waals surface area contributed by atoms with Gasteiger partial charge in [-0.25, -0.2) is 4.79 Å². The third-order valence-electron chi connectivity index (χ3n) is 21.3. The molecule has 27 heteroatoms. The van der Waals surface area contributed by atoms with Crippen LogP contribution in [0.1, 0.15) is 158 Å². The minimum absolute atomic E-state index is 0.00154. The van der Waals surface area contributed by atoms with Crippen molar-refractivity contribution in [1.82, 2.24) is 65.4 Å². The van der Waals surface area contributed by atoms with Crippen molar-refractivity contribution in [3.63, 3.8) is 0 Å². The molecule has 2 fully saturated rings. The van der Waals surface area contributed by atoms with Gasteiger partial charge in [0.1, 0.15) is 66.5 Å². The Balaban J connectivity index is 1.72. The molecular formula is C82H125N13O14. The van der Waals surface area contributed by atoms with Crippen molar-refractivity contribution >= 4 is 76.9 Å². The number of hydrogen-bond acceptors (Lipinski definition) is 14. The van der Waals surface area contributed by atoms with Crippen molar-refractivity contribution in [1.29, 1.82) is 0 Å². The van der Waals surface area contributed by atoms with Gasteiger partial charge in [-0.3, -0.25) is 62.4 Å². The van der Waals surface area contributed by atoms with Crippen LogP contribution in [0.2, 0.25) is 0 Å². The zero-order chi connectivity index (χ0) is 81.6. The van der Waals surface area contributed by atoms with Crippen LogP contribution in [0.3, 0.4) is 0 Å². The summed E-state index contributed by atoms with van der Waals surface area (Å²) >= 11 is 0. The summed E-state index contributed by atoms with van der Waals surface area (Å²) < 4.78 is 0. The van der Waals surface area contributed by atoms with Crippen LogP contribution < -0.4 is 21.3 Å². The molecule has 109 heavy (non-hydrogen) atoms. The second kappa shape index (κ2) is 42.1. The first-order valence-corrected chi connectivity index (χ1v) is 38.7. The molecule has 2 aliphatic heterocycles. The van der Waals surface area contributed by atoms with Gasteiger partial charge in [0.2, 0.25) is 70.9 Å². The van der Waals surface area contributed by atoms with Gasteiger partial charge in [-0.15, -0.1) is 0 Å². The number of rotatable bonds is 24. The van der Waals surface area contributed by atoms with Gasteiger partial charge in [0, 0.05) is 88.7 Å². The zero-order valence-corrected chi connectivity index (χ0v) is 68.2. The largest absolute Gasteiger partial charge is 0.391 e. The maximum atomic E-state index is 15.9. The van der Waals surface area contributed by atoms with Gasteiger partial charge in [0.05, 0.1) is 12.5 Å². The number of likely N-dealkylation sites (N-methyl/N-ethyl adjacent to an activating group) is 7. The van der Waals surface area contributed by atoms with Crippen LogP contribution in [-0.2, 0) is 76.8 Å². The van der Waals surface area contributed by atoms with Gasteiger partial charge >= 0.3 is 6.03 Å². The molecule has 0 spiro atoms. The lowest BCUT2D eigenvalue weighted by Gasteiger charge is -2.38. The summed E-state index contributed by atoms with van der Waals surface area (Å²) in [7, 11) is 10.6. The second-order valence-electron chi connectivity index (χ2n) is 31.7. The third kappa shape index (κ3) is 24.9. The molecular weight excluding hydrogens is 1390 g/mol. The summed E-state index contributed by atoms with van der Waals surface area (Å²) in [6, 6.07) is 9.93. The summed E-state index contributed by atoms with van der Waals surface area (Å²) in [5.41, 5.74) is 1.87. The molecule has 27 nitrogen and oxygen atoms in total. The molecule has 0 aliphatic carbocycles. The van der Waals surface area contributed by atoms with Gasteiger partial charge < -0.3 is 65.6 Å². The zero-order valence-electron chi connectivity index (χ0n) is 68.2. The number of benzene rings is 3. The average molecular weight is 1520 g/mol. The number of carbonyl (C=O) groups excluding carboxylic acids is 13. The van der Waals surface area contributed by atoms with Crippen LogP contribution in [0.4, 0.5) is 4.79 Å². The Morgan fingerprint density at radius 3 is 1.45 bits per heavy atom. The van der Waals surface area contributed by atoms with E-state index in [4.69, 9.17) is 0 Å². The van der Waals surface area contributed by atoms with Crippen LogP contribution in [0, 0.1) is 29.6 Å². The number of amides is 14. The van der Waals surface area contributed by atoms with Gasteiger partial charge in [-0.05, 0) is 105 Å². The van der Waals surface area contributed by atoms with E-state index in [1.165, 1.54) is 82.8 Å². The Morgan fingerprint density at radius 2 is 0.963 bits per heavy atom. The monoisotopic (exact) mass is 1520 g/mol. The number of aliphatic hydroxyl groups is 1. The highest BCUT2D eigenvalue weighted by atomic mass is 16.3. The van der Waals surface area contributed by atoms with Crippen LogP contribution in [0.15, 0.2) is 91.0 Å². The summed E-state index contributed by atoms with van der Waals surface area (Å²) in [4.78, 5) is 208. The third-order valence-corrected chi connectivity index (χ3v) is 21.3. The Hall–Kier alpha value is -9.27. The molecule has 3 aromatic carbocycles. The Kier molecular flexibility index (Phi) is 34.9. The van der Waals surface area contributed by atoms with E-state index in [9.17, 15) is 19.5 Å². The molecule has 13 atom stereocenters. The summed E-state index contributed by atoms with van der Waals surface area (Å²) in [5.74, 6) is -10.7. The highest BCUT2D eigenvalue weighted by Crippen LogP contribution is 2.26. The Morgan fingerprint density at radius 1 is 0.514 bits per heavy atom. The van der Waals surface area contributed by atoms with E-state index in [2.05, 4.69) is 21.3 Å². The molecule has 2 aliphatic rings. The number of carbonyl (C=O) groups is 13. The van der Waals surface area contributed by atoms with E-state index in [1.807, 2.05) is 69.2 Å². The minimum Gasteiger partial charge on any atom is -0.391 e. The smallest absolute Gasteiger partial charge is 0.326 e. The number of hydrogen-bond donors (Lipinski definition) is 5. The first-order chi connectivity index (χ1) is 51.2. The minimum atomic E-state index is -1.96. The highest BCUT2D eigenvalue weighted by Gasteiger charge is 2.46. The second-order valence-corrected chi connectivity index (χ2v) is 31.7. The molecule has 2 heterocycles. The predicted molar refractivity (Wildman–Crippen MR) is 417 cm³/mol. The predicted octanol–water partition coefficient (Wildman–Crippen LogP) is 5.54. The van der Waals surface area contributed by atoms with E-state index in [0.717, 1.165) is 41.0 Å². The van der Waals surface area contributed by atoms with Crippen molar-refractivity contribution in [3.05, 3.63) is 108 Å². The van der Waals surface area contributed by atoms with Crippen LogP contribution in [0.25, 0.3) is 0 Å². The quantitative estimate of drug-likeness (QED) is 0.0736. The summed E-state index contributed by atoms with van der Waals surface area (Å²) in [6.45, 7) is 22.1. The van der Waals surface area contributed by atoms with E-state index in [1.54, 1.807) is 95.9 Å². The van der Waals surface area contributed by atoms with Crippen LogP contribution in [-0.4, -0.2) is 268 Å². The number of aliphatic hydroxyl groups excluding tert-OH is 1. The molecule has 5 N–H and O–H groups in total. The lowest BCUT2D eigenvalue weighted by Crippen LogP contribution is -2.62. The molecule has 0 unspecified atom stereocenters. The van der Waals surface area contributed by atoms with E-state index < -0.39 is 150 Å². The molecule has 0 radical (unpaired) electrons. The van der Waals surface area contributed by atoms with E-state index in [0.29, 0.717) is 41.1 Å². The Labute approximate surface area is 646 Å². The fraction of sp³-hybridized carbons (Fsp3) is 0.622. The maximum Gasteiger partial charge on any atom is 0.326 e. The molecule has 2 saturated heterocycles. The summed E-state index contributed by atoms with van der Waals surface area (Å²) in [5, 5.41) is 22.7. The first-order valence-electron chi connectivity index (χ1n) is 38.7. The molecule has 14 amide bonds. The van der Waals surface area contributed by atoms with Crippen LogP contribution >= 0.6 is 0 Å². The van der Waals surface area contributed by atoms with Crippen molar-refractivity contribution < 1.29 is 67.4 Å². The average Bonchev–Trinajstić information content (AvgIpc) is 0.928. The highest BCUT2D eigenvalue weighted by molar-refractivity contribution is 6.03. The van der Waals surface area contributed by atoms with Crippen molar-refractivity contribution in [2.75, 3.05) is 69.5 Å². The number of urea groups is 1. The standard InChI is InChI=1S/C82H125N13O14/c1-21-54(10)69(81(108)95-40-32-25-33-41-95)85-74(101)64(47-58-36-28-23-29-37-58)90(16)79(106)67(48-59-38-30-24-31-39-59)92(18)76(103)61-49-68(97)94(20)82(109)93(19)66(45-53(8)9)78(105)89(15)63(46-57-34-26-22-27-35-57)72(99)84-60(42-50(2)3)75(102)91(17)65(44-52(6)7)77(104)88(14)62(43-51(4)5)73(100)86-70(56(12)96)80(107)87(13)55(11)71(98)83-61/h22-24,26-31,34-39,50-56,60-67,69-70,96H,21,25,32-33,40-49H2,1-20H3,(H,83,98)(H,84,99)(H,85,101)(H,86,100)/t54-,55-,56+,60-,61-,62-,63-,64-,65-,66-,67-,69-,70-/m0/s1. The van der Waals surface area contributed by atoms with Crippen molar-refractivity contribution in [2.45, 2.75) is 233 Å². The fourth-order valence-corrected chi connectivity index (χ4v) is 14.0. The molecule has 602 valence electrons. The maximum absolute atomic E-state index is 15.9. The lowest BCUT2D eigenvalue weighted by molar-refractivity contribution is -0.151. The van der Waals surface area contributed by atoms with E-state index >= 15 is 47.9 Å². The molecule has 0 saturated carbocycles. The Bertz CT molecular complexity index is 3570. The topological polar surface area (TPSA) is 319 Å². The number of nitrogens with zero attached hydrogens (tertiary/aromatic N) is 9. The fourth-order valence-electron chi connectivity index (χ4n) is 14.0. The molecule has 0 bridgehead atoms. The first kappa shape index (κ1) is 90.3. The van der Waals surface area contributed by atoms with Crippen molar-refractivity contribution in [2.24, 2.45) is 29.6 Å². The molecule has 5 rings (SSSR count). The van der Waals surface area contributed by atoms with E-state index in [-0.39, 0.29) is 80.4 Å². The number of piperidine rings is 1. The number of imide groups is 1. The van der Waals surface area contributed by atoms with Gasteiger partial charge in [-0.1, -0.05) is 167 Å².